The van der Waals surface area contributed by atoms with Crippen molar-refractivity contribution in [3.05, 3.63) is 105 Å². The fraction of sp³-hybridized carbons (Fsp3) is 0.364. The van der Waals surface area contributed by atoms with Crippen molar-refractivity contribution in [2.45, 2.75) is 52.2 Å². The molecule has 3 aromatic carbocycles. The van der Waals surface area contributed by atoms with Crippen LogP contribution in [0, 0.1) is 15.5 Å². The van der Waals surface area contributed by atoms with Crippen LogP contribution in [0.3, 0.4) is 0 Å². The molecule has 0 radical (unpaired) electrons. The zero-order valence-corrected chi connectivity index (χ0v) is 24.1. The van der Waals surface area contributed by atoms with Crippen LogP contribution >= 0.6 is 0 Å². The monoisotopic (exact) mass is 542 g/mol. The molecule has 2 aliphatic heterocycles. The molecule has 0 aromatic heterocycles. The van der Waals surface area contributed by atoms with Crippen molar-refractivity contribution in [3.63, 3.8) is 0 Å². The highest BCUT2D eigenvalue weighted by molar-refractivity contribution is 5.75. The molecule has 1 atom stereocenters. The molecule has 0 saturated heterocycles. The van der Waals surface area contributed by atoms with E-state index in [1.165, 1.54) is 17.2 Å². The summed E-state index contributed by atoms with van der Waals surface area (Å²) in [4.78, 5) is 23.3. The molecule has 3 aromatic rings. The normalized spacial score (nSPS) is 18.3. The van der Waals surface area contributed by atoms with Crippen molar-refractivity contribution < 1.29 is 19.2 Å². The molecule has 0 aliphatic carbocycles. The molecule has 0 amide bonds. The number of nitro groups is 1. The van der Waals surface area contributed by atoms with Crippen LogP contribution in [0.2, 0.25) is 0 Å². The van der Waals surface area contributed by atoms with Gasteiger partial charge in [-0.25, -0.2) is 0 Å². The Bertz CT molecular complexity index is 1410. The van der Waals surface area contributed by atoms with Crippen LogP contribution in [-0.2, 0) is 16.6 Å². The molecule has 2 heterocycles. The van der Waals surface area contributed by atoms with Gasteiger partial charge < -0.3 is 14.4 Å². The predicted octanol–water partition coefficient (Wildman–Crippen LogP) is 7.23. The molecule has 0 fully saturated rings. The van der Waals surface area contributed by atoms with Gasteiger partial charge in [0, 0.05) is 42.6 Å². The molecule has 0 bridgehead atoms. The van der Waals surface area contributed by atoms with Gasteiger partial charge in [-0.2, -0.15) is 0 Å². The van der Waals surface area contributed by atoms with Crippen LogP contribution in [0.1, 0.15) is 61.7 Å². The van der Waals surface area contributed by atoms with Crippen molar-refractivity contribution in [2.75, 3.05) is 25.2 Å². The van der Waals surface area contributed by atoms with E-state index in [9.17, 15) is 14.9 Å². The summed E-state index contributed by atoms with van der Waals surface area (Å²) in [6.07, 6.45) is 5.88. The lowest BCUT2D eigenvalue weighted by Crippen LogP contribution is -2.60. The van der Waals surface area contributed by atoms with Gasteiger partial charge in [-0.3, -0.25) is 14.9 Å². The van der Waals surface area contributed by atoms with Crippen molar-refractivity contribution in [3.8, 4) is 5.75 Å². The standard InChI is InChI=1S/C21H22N2O4.C12H16O/c1-20(2)17-6-4-5-7-18(17)22(12-13-26-3)21(20)11-10-15-14-16(23(24)25)8-9-19(15)27-21;1-12(2,3)8-10-4-6-11(9-13)7-5-10/h4-11,14H,12-13H2,1-3H3;4-7,9H,8H2,1-3H3. The molecule has 1 spiro atoms. The number of aldehydes is 1. The number of fused-ring (bicyclic) bond motifs is 2. The lowest BCUT2D eigenvalue weighted by molar-refractivity contribution is -0.384. The van der Waals surface area contributed by atoms with Crippen LogP contribution in [0.25, 0.3) is 6.08 Å². The molecule has 1 unspecified atom stereocenters. The number of methoxy groups -OCH3 is 1. The van der Waals surface area contributed by atoms with E-state index < -0.39 is 10.6 Å². The number of hydrogen-bond donors (Lipinski definition) is 0. The summed E-state index contributed by atoms with van der Waals surface area (Å²) in [6, 6.07) is 20.8. The van der Waals surface area contributed by atoms with E-state index in [1.807, 2.05) is 48.6 Å². The number of carbonyl (C=O) groups is 1. The summed E-state index contributed by atoms with van der Waals surface area (Å²) in [5, 5.41) is 11.1. The second-order valence-electron chi connectivity index (χ2n) is 12.0. The Morgan fingerprint density at radius 1 is 1.05 bits per heavy atom. The second kappa shape index (κ2) is 11.3. The first-order chi connectivity index (χ1) is 18.9. The third-order valence-corrected chi connectivity index (χ3v) is 7.49. The Kier molecular flexibility index (Phi) is 8.17. The van der Waals surface area contributed by atoms with Crippen LogP contribution in [0.4, 0.5) is 11.4 Å². The highest BCUT2D eigenvalue weighted by Crippen LogP contribution is 2.54. The van der Waals surface area contributed by atoms with Crippen LogP contribution in [0.15, 0.2) is 72.8 Å². The summed E-state index contributed by atoms with van der Waals surface area (Å²) in [7, 11) is 1.69. The molecule has 210 valence electrons. The van der Waals surface area contributed by atoms with Gasteiger partial charge in [0.25, 0.3) is 5.69 Å². The zero-order chi connectivity index (χ0) is 29.1. The number of hydrogen-bond acceptors (Lipinski definition) is 6. The Morgan fingerprint density at radius 3 is 2.38 bits per heavy atom. The summed E-state index contributed by atoms with van der Waals surface area (Å²) in [5.41, 5.74) is 4.40. The maximum absolute atomic E-state index is 11.1. The fourth-order valence-electron chi connectivity index (χ4n) is 5.50. The summed E-state index contributed by atoms with van der Waals surface area (Å²) >= 11 is 0. The van der Waals surface area contributed by atoms with Gasteiger partial charge in [-0.1, -0.05) is 63.2 Å². The van der Waals surface area contributed by atoms with Crippen LogP contribution < -0.4 is 9.64 Å². The third-order valence-electron chi connectivity index (χ3n) is 7.49. The largest absolute Gasteiger partial charge is 0.463 e. The first kappa shape index (κ1) is 29.0. The molecular formula is C33H38N2O5. The van der Waals surface area contributed by atoms with E-state index >= 15 is 0 Å². The van der Waals surface area contributed by atoms with E-state index in [0.717, 1.165) is 24.0 Å². The number of ether oxygens (including phenoxy) is 2. The van der Waals surface area contributed by atoms with Crippen molar-refractivity contribution in [1.29, 1.82) is 0 Å². The summed E-state index contributed by atoms with van der Waals surface area (Å²) in [6.45, 7) is 12.2. The van der Waals surface area contributed by atoms with Gasteiger partial charge in [0.2, 0.25) is 5.72 Å². The number of anilines is 1. The minimum absolute atomic E-state index is 0.0585. The van der Waals surface area contributed by atoms with Crippen molar-refractivity contribution in [1.82, 2.24) is 0 Å². The minimum atomic E-state index is -0.724. The molecule has 2 aliphatic rings. The maximum atomic E-state index is 11.1. The highest BCUT2D eigenvalue weighted by Gasteiger charge is 2.58. The second-order valence-corrected chi connectivity index (χ2v) is 12.0. The number of carbonyl (C=O) groups excluding carboxylic acids is 1. The van der Waals surface area contributed by atoms with Gasteiger partial charge in [0.05, 0.1) is 16.9 Å². The van der Waals surface area contributed by atoms with E-state index in [1.54, 1.807) is 19.2 Å². The Labute approximate surface area is 236 Å². The van der Waals surface area contributed by atoms with Gasteiger partial charge in [0.1, 0.15) is 12.0 Å². The van der Waals surface area contributed by atoms with Gasteiger partial charge in [-0.05, 0) is 61.1 Å². The number of para-hydroxylation sites is 1. The lowest BCUT2D eigenvalue weighted by Gasteiger charge is -2.47. The van der Waals surface area contributed by atoms with E-state index in [4.69, 9.17) is 9.47 Å². The van der Waals surface area contributed by atoms with E-state index in [-0.39, 0.29) is 11.1 Å². The predicted molar refractivity (Wildman–Crippen MR) is 159 cm³/mol. The first-order valence-corrected chi connectivity index (χ1v) is 13.5. The molecule has 0 N–H and O–H groups in total. The number of nitrogens with zero attached hydrogens (tertiary/aromatic N) is 2. The Hall–Kier alpha value is -3.97. The van der Waals surface area contributed by atoms with Crippen molar-refractivity contribution in [2.24, 2.45) is 5.41 Å². The maximum Gasteiger partial charge on any atom is 0.270 e. The Morgan fingerprint density at radius 2 is 1.75 bits per heavy atom. The Balaban J connectivity index is 0.000000240. The van der Waals surface area contributed by atoms with Crippen LogP contribution in [-0.4, -0.2) is 37.2 Å². The fourth-order valence-corrected chi connectivity index (χ4v) is 5.50. The highest BCUT2D eigenvalue weighted by atomic mass is 16.6. The van der Waals surface area contributed by atoms with Gasteiger partial charge in [0.15, 0.2) is 0 Å². The van der Waals surface area contributed by atoms with Gasteiger partial charge >= 0.3 is 0 Å². The number of non-ortho nitro benzene ring substituents is 1. The first-order valence-electron chi connectivity index (χ1n) is 13.5. The number of nitro benzene ring substituents is 1. The lowest BCUT2D eigenvalue weighted by atomic mass is 9.76. The minimum Gasteiger partial charge on any atom is -0.463 e. The average Bonchev–Trinajstić information content (AvgIpc) is 3.09. The molecule has 7 nitrogen and oxygen atoms in total. The topological polar surface area (TPSA) is 81.9 Å². The number of benzene rings is 3. The molecule has 7 heteroatoms. The third kappa shape index (κ3) is 5.65. The molecular weight excluding hydrogens is 504 g/mol. The average molecular weight is 543 g/mol. The summed E-state index contributed by atoms with van der Waals surface area (Å²) < 4.78 is 11.9. The summed E-state index contributed by atoms with van der Waals surface area (Å²) in [5.74, 6) is 0.645. The molecule has 40 heavy (non-hydrogen) atoms. The quantitative estimate of drug-likeness (QED) is 0.186. The molecule has 0 saturated carbocycles. The van der Waals surface area contributed by atoms with E-state index in [0.29, 0.717) is 29.9 Å². The van der Waals surface area contributed by atoms with E-state index in [2.05, 4.69) is 51.7 Å². The SMILES string of the molecule is CC(C)(C)Cc1ccc(C=O)cc1.COCCN1c2ccccc2C(C)(C)C12C=Cc1cc([N+](=O)[O-])ccc1O2. The van der Waals surface area contributed by atoms with Crippen molar-refractivity contribution >= 4 is 23.7 Å². The van der Waals surface area contributed by atoms with Crippen LogP contribution in [0.5, 0.6) is 5.75 Å². The number of rotatable bonds is 6. The zero-order valence-electron chi connectivity index (χ0n) is 24.1. The molecule has 5 rings (SSSR count). The van der Waals surface area contributed by atoms with Gasteiger partial charge in [-0.15, -0.1) is 0 Å². The smallest absolute Gasteiger partial charge is 0.270 e.